The quantitative estimate of drug-likeness (QED) is 0.656. The van der Waals surface area contributed by atoms with Crippen molar-refractivity contribution in [3.63, 3.8) is 0 Å². The lowest BCUT2D eigenvalue weighted by Gasteiger charge is -2.15. The van der Waals surface area contributed by atoms with E-state index < -0.39 is 16.7 Å². The molecule has 1 N–H and O–H groups in total. The van der Waals surface area contributed by atoms with Gasteiger partial charge in [-0.1, -0.05) is 0 Å². The van der Waals surface area contributed by atoms with Crippen LogP contribution in [0.3, 0.4) is 0 Å². The molecule has 1 aliphatic heterocycles. The molecule has 2 aromatic heterocycles. The molecule has 0 saturated carbocycles. The van der Waals surface area contributed by atoms with Gasteiger partial charge in [0.25, 0.3) is 5.91 Å². The highest BCUT2D eigenvalue weighted by Gasteiger charge is 2.18. The van der Waals surface area contributed by atoms with Gasteiger partial charge in [-0.3, -0.25) is 14.9 Å². The summed E-state index contributed by atoms with van der Waals surface area (Å²) in [7, 11) is 0. The lowest BCUT2D eigenvalue weighted by Crippen LogP contribution is -2.24. The highest BCUT2D eigenvalue weighted by atomic mass is 16.6. The average molecular weight is 317 g/mol. The Hall–Kier alpha value is -2.97. The third-order valence-corrected chi connectivity index (χ3v) is 3.52. The smallest absolute Gasteiger partial charge is 0.395 e. The molecule has 0 radical (unpaired) electrons. The topological polar surface area (TPSA) is 114 Å². The molecule has 1 fully saturated rings. The third kappa shape index (κ3) is 3.44. The van der Waals surface area contributed by atoms with Crippen LogP contribution in [0.1, 0.15) is 29.1 Å². The maximum atomic E-state index is 11.9. The number of carbonyl (C=O) groups excluding carboxylic acids is 1. The van der Waals surface area contributed by atoms with Crippen molar-refractivity contribution in [2.24, 2.45) is 0 Å². The first-order chi connectivity index (χ1) is 11.1. The first-order valence-electron chi connectivity index (χ1n) is 7.23. The minimum absolute atomic E-state index is 0.106. The number of furan rings is 1. The Morgan fingerprint density at radius 1 is 1.35 bits per heavy atom. The van der Waals surface area contributed by atoms with Gasteiger partial charge in [-0.05, 0) is 25.0 Å². The van der Waals surface area contributed by atoms with Crippen molar-refractivity contribution < 1.29 is 14.1 Å². The first-order valence-corrected chi connectivity index (χ1v) is 7.23. The number of carbonyl (C=O) groups is 1. The highest BCUT2D eigenvalue weighted by molar-refractivity contribution is 5.91. The lowest BCUT2D eigenvalue weighted by molar-refractivity contribution is -0.402. The second-order valence-corrected chi connectivity index (χ2v) is 5.12. The van der Waals surface area contributed by atoms with Crippen molar-refractivity contribution in [1.82, 2.24) is 15.3 Å². The standard InChI is InChI=1S/C14H15N5O4/c20-13(11-3-4-12(23-11)19(21)22)16-9-10-5-6-15-14(17-10)18-7-1-2-8-18/h3-6H,1-2,7-9H2,(H,16,20). The van der Waals surface area contributed by atoms with Crippen LogP contribution < -0.4 is 10.2 Å². The largest absolute Gasteiger partial charge is 0.433 e. The lowest BCUT2D eigenvalue weighted by atomic mass is 10.3. The molecule has 3 heterocycles. The molecule has 0 unspecified atom stereocenters. The minimum atomic E-state index is -0.691. The zero-order valence-electron chi connectivity index (χ0n) is 12.3. The zero-order valence-corrected chi connectivity index (χ0v) is 12.3. The van der Waals surface area contributed by atoms with Gasteiger partial charge in [0.2, 0.25) is 5.95 Å². The average Bonchev–Trinajstić information content (AvgIpc) is 3.24. The number of nitrogens with zero attached hydrogens (tertiary/aromatic N) is 4. The predicted octanol–water partition coefficient (Wildman–Crippen LogP) is 1.51. The first kappa shape index (κ1) is 14.9. The molecule has 0 bridgehead atoms. The van der Waals surface area contributed by atoms with Crippen LogP contribution in [0.2, 0.25) is 0 Å². The minimum Gasteiger partial charge on any atom is -0.395 e. The van der Waals surface area contributed by atoms with E-state index >= 15 is 0 Å². The van der Waals surface area contributed by atoms with Crippen LogP contribution in [-0.2, 0) is 6.54 Å². The summed E-state index contributed by atoms with van der Waals surface area (Å²) in [5, 5.41) is 13.2. The Bertz CT molecular complexity index is 723. The Kier molecular flexibility index (Phi) is 4.18. The second kappa shape index (κ2) is 6.42. The van der Waals surface area contributed by atoms with E-state index in [-0.39, 0.29) is 12.3 Å². The molecule has 9 nitrogen and oxygen atoms in total. The van der Waals surface area contributed by atoms with Crippen molar-refractivity contribution in [1.29, 1.82) is 0 Å². The number of nitrogens with one attached hydrogen (secondary N) is 1. The maximum Gasteiger partial charge on any atom is 0.433 e. The molecule has 0 atom stereocenters. The van der Waals surface area contributed by atoms with Gasteiger partial charge in [0.05, 0.1) is 18.3 Å². The summed E-state index contributed by atoms with van der Waals surface area (Å²) in [5.74, 6) is -0.443. The van der Waals surface area contributed by atoms with Gasteiger partial charge >= 0.3 is 5.88 Å². The van der Waals surface area contributed by atoms with E-state index in [1.807, 2.05) is 0 Å². The third-order valence-electron chi connectivity index (χ3n) is 3.52. The van der Waals surface area contributed by atoms with Crippen molar-refractivity contribution >= 4 is 17.7 Å². The SMILES string of the molecule is O=C(NCc1ccnc(N2CCCC2)n1)c1ccc([N+](=O)[O-])o1. The fraction of sp³-hybridized carbons (Fsp3) is 0.357. The van der Waals surface area contributed by atoms with E-state index in [0.717, 1.165) is 32.0 Å². The molecule has 23 heavy (non-hydrogen) atoms. The Balaban J connectivity index is 1.62. The van der Waals surface area contributed by atoms with Crippen molar-refractivity contribution in [2.75, 3.05) is 18.0 Å². The fourth-order valence-corrected chi connectivity index (χ4v) is 2.36. The van der Waals surface area contributed by atoms with E-state index in [4.69, 9.17) is 4.42 Å². The molecule has 0 aromatic carbocycles. The van der Waals surface area contributed by atoms with Gasteiger partial charge in [0.1, 0.15) is 4.92 Å². The molecule has 2 aromatic rings. The number of hydrogen-bond acceptors (Lipinski definition) is 7. The van der Waals surface area contributed by atoms with Crippen molar-refractivity contribution in [3.05, 3.63) is 46.0 Å². The van der Waals surface area contributed by atoms with Crippen LogP contribution in [0.5, 0.6) is 0 Å². The molecule has 0 spiro atoms. The van der Waals surface area contributed by atoms with Gasteiger partial charge in [-0.2, -0.15) is 0 Å². The Morgan fingerprint density at radius 2 is 2.13 bits per heavy atom. The van der Waals surface area contributed by atoms with Gasteiger partial charge in [-0.15, -0.1) is 0 Å². The molecule has 1 amide bonds. The summed E-state index contributed by atoms with van der Waals surface area (Å²) in [6.07, 6.45) is 3.91. The normalized spacial score (nSPS) is 14.0. The second-order valence-electron chi connectivity index (χ2n) is 5.12. The Labute approximate surface area is 131 Å². The van der Waals surface area contributed by atoms with Crippen LogP contribution in [0.15, 0.2) is 28.8 Å². The van der Waals surface area contributed by atoms with Crippen LogP contribution in [-0.4, -0.2) is 33.9 Å². The van der Waals surface area contributed by atoms with E-state index in [9.17, 15) is 14.9 Å². The van der Waals surface area contributed by atoms with E-state index in [0.29, 0.717) is 11.6 Å². The van der Waals surface area contributed by atoms with Crippen LogP contribution >= 0.6 is 0 Å². The van der Waals surface area contributed by atoms with E-state index in [1.54, 1.807) is 12.3 Å². The molecule has 9 heteroatoms. The van der Waals surface area contributed by atoms with Gasteiger partial charge < -0.3 is 14.6 Å². The number of aromatic nitrogens is 2. The molecule has 0 aliphatic carbocycles. The summed E-state index contributed by atoms with van der Waals surface area (Å²) >= 11 is 0. The molecule has 1 saturated heterocycles. The number of anilines is 1. The molecule has 120 valence electrons. The zero-order chi connectivity index (χ0) is 16.2. The van der Waals surface area contributed by atoms with Gasteiger partial charge in [0, 0.05) is 19.3 Å². The predicted molar refractivity (Wildman–Crippen MR) is 80.0 cm³/mol. The molecule has 1 aliphatic rings. The summed E-state index contributed by atoms with van der Waals surface area (Å²) in [6, 6.07) is 4.12. The number of nitro groups is 1. The maximum absolute atomic E-state index is 11.9. The summed E-state index contributed by atoms with van der Waals surface area (Å²) in [5.41, 5.74) is 0.663. The van der Waals surface area contributed by atoms with Crippen LogP contribution in [0.25, 0.3) is 0 Å². The fourth-order valence-electron chi connectivity index (χ4n) is 2.36. The number of amides is 1. The molecular formula is C14H15N5O4. The highest BCUT2D eigenvalue weighted by Crippen LogP contribution is 2.16. The van der Waals surface area contributed by atoms with Crippen LogP contribution in [0.4, 0.5) is 11.8 Å². The van der Waals surface area contributed by atoms with Gasteiger partial charge in [0.15, 0.2) is 5.76 Å². The molecular weight excluding hydrogens is 302 g/mol. The van der Waals surface area contributed by atoms with E-state index in [2.05, 4.69) is 20.2 Å². The summed E-state index contributed by atoms with van der Waals surface area (Å²) in [6.45, 7) is 2.06. The van der Waals surface area contributed by atoms with Crippen molar-refractivity contribution in [3.8, 4) is 0 Å². The summed E-state index contributed by atoms with van der Waals surface area (Å²) in [4.78, 5) is 32.5. The summed E-state index contributed by atoms with van der Waals surface area (Å²) < 4.78 is 4.85. The van der Waals surface area contributed by atoms with Crippen molar-refractivity contribution in [2.45, 2.75) is 19.4 Å². The number of hydrogen-bond donors (Lipinski definition) is 1. The monoisotopic (exact) mass is 317 g/mol. The molecule has 3 rings (SSSR count). The van der Waals surface area contributed by atoms with Crippen LogP contribution in [0, 0.1) is 10.1 Å². The van der Waals surface area contributed by atoms with Gasteiger partial charge in [-0.25, -0.2) is 9.97 Å². The number of rotatable bonds is 5. The Morgan fingerprint density at radius 3 is 2.83 bits per heavy atom. The van der Waals surface area contributed by atoms with E-state index in [1.165, 1.54) is 6.07 Å².